The summed E-state index contributed by atoms with van der Waals surface area (Å²) in [6, 6.07) is 16.7. The summed E-state index contributed by atoms with van der Waals surface area (Å²) >= 11 is 7.63. The van der Waals surface area contributed by atoms with Crippen molar-refractivity contribution < 1.29 is 0 Å². The Morgan fingerprint density at radius 3 is 2.60 bits per heavy atom. The van der Waals surface area contributed by atoms with Crippen molar-refractivity contribution in [3.63, 3.8) is 0 Å². The number of anilines is 1. The van der Waals surface area contributed by atoms with Crippen LogP contribution in [0.15, 0.2) is 48.5 Å². The number of thiocarbonyl (C=S) groups is 1. The summed E-state index contributed by atoms with van der Waals surface area (Å²) < 4.78 is 1.23. The molecule has 0 bridgehead atoms. The topological polar surface area (TPSA) is 24.1 Å². The van der Waals surface area contributed by atoms with Crippen LogP contribution in [0.1, 0.15) is 11.1 Å². The van der Waals surface area contributed by atoms with E-state index in [1.165, 1.54) is 14.7 Å². The number of nitrogens with one attached hydrogen (secondary N) is 2. The van der Waals surface area contributed by atoms with Crippen LogP contribution in [-0.4, -0.2) is 11.7 Å². The molecule has 2 N–H and O–H groups in total. The molecule has 2 nitrogen and oxygen atoms in total. The minimum absolute atomic E-state index is 0.672. The molecular formula is C16H17IN2S. The fourth-order valence-corrected chi connectivity index (χ4v) is 2.76. The molecule has 0 amide bonds. The third-order valence-corrected chi connectivity index (χ3v) is 3.90. The smallest absolute Gasteiger partial charge is 0.170 e. The van der Waals surface area contributed by atoms with Crippen LogP contribution >= 0.6 is 34.8 Å². The minimum Gasteiger partial charge on any atom is -0.362 e. The second-order valence-corrected chi connectivity index (χ2v) is 6.23. The quantitative estimate of drug-likeness (QED) is 0.601. The lowest BCUT2D eigenvalue weighted by molar-refractivity contribution is 0.873. The third-order valence-electron chi connectivity index (χ3n) is 2.98. The highest BCUT2D eigenvalue weighted by atomic mass is 127. The van der Waals surface area contributed by atoms with Gasteiger partial charge >= 0.3 is 0 Å². The van der Waals surface area contributed by atoms with E-state index in [2.05, 4.69) is 82.6 Å². The van der Waals surface area contributed by atoms with Crippen LogP contribution in [0.25, 0.3) is 0 Å². The van der Waals surface area contributed by atoms with Crippen molar-refractivity contribution in [1.82, 2.24) is 5.32 Å². The van der Waals surface area contributed by atoms with Gasteiger partial charge in [0.15, 0.2) is 5.11 Å². The van der Waals surface area contributed by atoms with Crippen LogP contribution in [-0.2, 0) is 6.42 Å². The molecule has 0 heterocycles. The fourth-order valence-electron chi connectivity index (χ4n) is 1.90. The highest BCUT2D eigenvalue weighted by molar-refractivity contribution is 14.1. The van der Waals surface area contributed by atoms with Gasteiger partial charge in [-0.1, -0.05) is 30.3 Å². The molecule has 0 aliphatic heterocycles. The van der Waals surface area contributed by atoms with Gasteiger partial charge in [-0.05, 0) is 77.5 Å². The van der Waals surface area contributed by atoms with E-state index in [1.54, 1.807) is 0 Å². The molecule has 2 aromatic carbocycles. The molecule has 0 fully saturated rings. The summed E-state index contributed by atoms with van der Waals surface area (Å²) in [4.78, 5) is 0. The first-order valence-corrected chi connectivity index (χ1v) is 7.99. The Morgan fingerprint density at radius 2 is 1.90 bits per heavy atom. The standard InChI is InChI=1S/C16H17IN2S/c1-12-11-14(17)7-8-15(12)19-16(20)18-10-9-13-5-3-2-4-6-13/h2-8,11H,9-10H2,1H3,(H2,18,19,20). The van der Waals surface area contributed by atoms with Gasteiger partial charge in [-0.15, -0.1) is 0 Å². The normalized spacial score (nSPS) is 10.1. The van der Waals surface area contributed by atoms with E-state index in [0.717, 1.165) is 18.7 Å². The molecule has 2 aromatic rings. The molecule has 0 spiro atoms. The average Bonchev–Trinajstić information content (AvgIpc) is 2.43. The highest BCUT2D eigenvalue weighted by Crippen LogP contribution is 2.17. The molecule has 0 radical (unpaired) electrons. The first kappa shape index (κ1) is 15.3. The van der Waals surface area contributed by atoms with E-state index in [4.69, 9.17) is 12.2 Å². The van der Waals surface area contributed by atoms with Crippen molar-refractivity contribution in [3.05, 3.63) is 63.2 Å². The Hall–Kier alpha value is -1.14. The lowest BCUT2D eigenvalue weighted by Crippen LogP contribution is -2.30. The number of halogens is 1. The van der Waals surface area contributed by atoms with Gasteiger partial charge in [0.25, 0.3) is 0 Å². The van der Waals surface area contributed by atoms with E-state index in [0.29, 0.717) is 5.11 Å². The zero-order valence-corrected chi connectivity index (χ0v) is 14.3. The molecule has 0 saturated heterocycles. The van der Waals surface area contributed by atoms with Gasteiger partial charge in [-0.3, -0.25) is 0 Å². The lowest BCUT2D eigenvalue weighted by Gasteiger charge is -2.12. The van der Waals surface area contributed by atoms with Crippen LogP contribution in [0.4, 0.5) is 5.69 Å². The minimum atomic E-state index is 0.672. The summed E-state index contributed by atoms with van der Waals surface area (Å²) in [5.41, 5.74) is 3.57. The van der Waals surface area contributed by atoms with E-state index in [1.807, 2.05) is 6.07 Å². The average molecular weight is 396 g/mol. The maximum Gasteiger partial charge on any atom is 0.170 e. The molecule has 104 valence electrons. The molecule has 0 atom stereocenters. The van der Waals surface area contributed by atoms with Crippen molar-refractivity contribution in [2.45, 2.75) is 13.3 Å². The SMILES string of the molecule is Cc1cc(I)ccc1NC(=S)NCCc1ccccc1. The molecule has 0 aliphatic rings. The van der Waals surface area contributed by atoms with E-state index < -0.39 is 0 Å². The number of hydrogen-bond acceptors (Lipinski definition) is 1. The predicted octanol–water partition coefficient (Wildman–Crippen LogP) is 4.13. The van der Waals surface area contributed by atoms with E-state index in [9.17, 15) is 0 Å². The van der Waals surface area contributed by atoms with Gasteiger partial charge in [0.1, 0.15) is 0 Å². The molecule has 4 heteroatoms. The van der Waals surface area contributed by atoms with Gasteiger partial charge in [-0.2, -0.15) is 0 Å². The van der Waals surface area contributed by atoms with Crippen LogP contribution in [0.2, 0.25) is 0 Å². The van der Waals surface area contributed by atoms with Crippen molar-refractivity contribution >= 4 is 45.6 Å². The predicted molar refractivity (Wildman–Crippen MR) is 98.3 cm³/mol. The van der Waals surface area contributed by atoms with Crippen molar-refractivity contribution in [2.24, 2.45) is 0 Å². The summed E-state index contributed by atoms with van der Waals surface area (Å²) in [6.07, 6.45) is 0.967. The Morgan fingerprint density at radius 1 is 1.15 bits per heavy atom. The second-order valence-electron chi connectivity index (χ2n) is 4.58. The van der Waals surface area contributed by atoms with Crippen molar-refractivity contribution in [3.8, 4) is 0 Å². The fraction of sp³-hybridized carbons (Fsp3) is 0.188. The summed E-state index contributed by atoms with van der Waals surface area (Å²) in [6.45, 7) is 2.91. The molecule has 0 saturated carbocycles. The summed E-state index contributed by atoms with van der Waals surface area (Å²) in [5, 5.41) is 7.15. The molecule has 2 rings (SSSR count). The maximum absolute atomic E-state index is 5.32. The lowest BCUT2D eigenvalue weighted by atomic mass is 10.1. The van der Waals surface area contributed by atoms with Crippen LogP contribution in [0.3, 0.4) is 0 Å². The Kier molecular flexibility index (Phi) is 5.79. The zero-order chi connectivity index (χ0) is 14.4. The highest BCUT2D eigenvalue weighted by Gasteiger charge is 2.01. The molecule has 0 unspecified atom stereocenters. The largest absolute Gasteiger partial charge is 0.362 e. The molecule has 0 aliphatic carbocycles. The third kappa shape index (κ3) is 4.76. The monoisotopic (exact) mass is 396 g/mol. The van der Waals surface area contributed by atoms with Gasteiger partial charge < -0.3 is 10.6 Å². The van der Waals surface area contributed by atoms with Gasteiger partial charge in [-0.25, -0.2) is 0 Å². The number of rotatable bonds is 4. The Labute approximate surface area is 139 Å². The zero-order valence-electron chi connectivity index (χ0n) is 11.3. The van der Waals surface area contributed by atoms with Crippen molar-refractivity contribution in [1.29, 1.82) is 0 Å². The van der Waals surface area contributed by atoms with Gasteiger partial charge in [0.2, 0.25) is 0 Å². The number of benzene rings is 2. The van der Waals surface area contributed by atoms with E-state index >= 15 is 0 Å². The summed E-state index contributed by atoms with van der Waals surface area (Å²) in [5.74, 6) is 0. The first-order valence-electron chi connectivity index (χ1n) is 6.50. The molecular weight excluding hydrogens is 379 g/mol. The van der Waals surface area contributed by atoms with Gasteiger partial charge in [0.05, 0.1) is 0 Å². The molecule has 20 heavy (non-hydrogen) atoms. The Bertz CT molecular complexity index is 584. The van der Waals surface area contributed by atoms with Crippen LogP contribution in [0, 0.1) is 10.5 Å². The molecule has 0 aromatic heterocycles. The Balaban J connectivity index is 1.81. The number of hydrogen-bond donors (Lipinski definition) is 2. The van der Waals surface area contributed by atoms with Crippen LogP contribution < -0.4 is 10.6 Å². The summed E-state index contributed by atoms with van der Waals surface area (Å²) in [7, 11) is 0. The van der Waals surface area contributed by atoms with Crippen LogP contribution in [0.5, 0.6) is 0 Å². The first-order chi connectivity index (χ1) is 9.65. The number of aryl methyl sites for hydroxylation is 1. The second kappa shape index (κ2) is 7.59. The van der Waals surface area contributed by atoms with Crippen molar-refractivity contribution in [2.75, 3.05) is 11.9 Å². The maximum atomic E-state index is 5.32. The van der Waals surface area contributed by atoms with Gasteiger partial charge in [0, 0.05) is 15.8 Å². The van der Waals surface area contributed by atoms with E-state index in [-0.39, 0.29) is 0 Å².